The fourth-order valence-corrected chi connectivity index (χ4v) is 2.85. The molecule has 0 atom stereocenters. The molecule has 1 aromatic rings. The lowest BCUT2D eigenvalue weighted by Crippen LogP contribution is -2.35. The minimum Gasteiger partial charge on any atom is -0.496 e. The molecule has 0 bridgehead atoms. The van der Waals surface area contributed by atoms with E-state index in [9.17, 15) is 4.79 Å². The molecule has 0 saturated carbocycles. The molecule has 1 aliphatic rings. The van der Waals surface area contributed by atoms with Crippen molar-refractivity contribution in [1.82, 2.24) is 4.90 Å². The Morgan fingerprint density at radius 2 is 2.05 bits per heavy atom. The highest BCUT2D eigenvalue weighted by molar-refractivity contribution is 5.66. The highest BCUT2D eigenvalue weighted by Gasteiger charge is 2.20. The van der Waals surface area contributed by atoms with Crippen LogP contribution in [0.1, 0.15) is 24.8 Å². The summed E-state index contributed by atoms with van der Waals surface area (Å²) in [6.07, 6.45) is 3.57. The van der Waals surface area contributed by atoms with Gasteiger partial charge in [-0.05, 0) is 49.9 Å². The number of rotatable bonds is 6. The molecule has 1 heterocycles. The second kappa shape index (κ2) is 7.29. The third kappa shape index (κ3) is 4.23. The normalized spacial score (nSPS) is 17.1. The van der Waals surface area contributed by atoms with Crippen molar-refractivity contribution in [2.24, 2.45) is 5.92 Å². The topological polar surface area (TPSA) is 49.8 Å². The van der Waals surface area contributed by atoms with Crippen molar-refractivity contribution >= 4 is 5.97 Å². The molecule has 1 N–H and O–H groups in total. The molecule has 0 unspecified atom stereocenters. The number of ether oxygens (including phenoxy) is 1. The maximum Gasteiger partial charge on any atom is 0.304 e. The zero-order chi connectivity index (χ0) is 14.4. The van der Waals surface area contributed by atoms with Crippen LogP contribution in [0.3, 0.4) is 0 Å². The predicted octanol–water partition coefficient (Wildman–Crippen LogP) is 2.42. The Morgan fingerprint density at radius 3 is 2.70 bits per heavy atom. The first-order valence-corrected chi connectivity index (χ1v) is 7.25. The Balaban J connectivity index is 1.81. The summed E-state index contributed by atoms with van der Waals surface area (Å²) in [5.74, 6) is 0.939. The lowest BCUT2D eigenvalue weighted by atomic mass is 9.90. The molecule has 1 aromatic carbocycles. The number of hydrogen-bond acceptors (Lipinski definition) is 3. The Hall–Kier alpha value is -1.55. The van der Waals surface area contributed by atoms with Crippen LogP contribution in [0.15, 0.2) is 24.3 Å². The lowest BCUT2D eigenvalue weighted by molar-refractivity contribution is -0.137. The molecular formula is C16H23NO3. The van der Waals surface area contributed by atoms with Crippen molar-refractivity contribution < 1.29 is 14.6 Å². The first-order valence-electron chi connectivity index (χ1n) is 7.25. The van der Waals surface area contributed by atoms with E-state index in [1.807, 2.05) is 12.1 Å². The molecule has 4 heteroatoms. The SMILES string of the molecule is COc1ccccc1CC1CCN(CCC(=O)O)CC1. The number of nitrogens with zero attached hydrogens (tertiary/aromatic N) is 1. The van der Waals surface area contributed by atoms with E-state index in [0.29, 0.717) is 12.5 Å². The maximum absolute atomic E-state index is 10.6. The van der Waals surface area contributed by atoms with Gasteiger partial charge < -0.3 is 14.7 Å². The number of likely N-dealkylation sites (tertiary alicyclic amines) is 1. The van der Waals surface area contributed by atoms with Crippen LogP contribution in [0.2, 0.25) is 0 Å². The van der Waals surface area contributed by atoms with Crippen LogP contribution in [0.4, 0.5) is 0 Å². The Kier molecular flexibility index (Phi) is 5.41. The minimum atomic E-state index is -0.707. The van der Waals surface area contributed by atoms with Gasteiger partial charge in [0.1, 0.15) is 5.75 Å². The molecule has 20 heavy (non-hydrogen) atoms. The molecule has 0 aliphatic carbocycles. The molecule has 0 amide bonds. The number of benzene rings is 1. The second-order valence-corrected chi connectivity index (χ2v) is 5.44. The average molecular weight is 277 g/mol. The maximum atomic E-state index is 10.6. The van der Waals surface area contributed by atoms with Gasteiger partial charge in [0.2, 0.25) is 0 Å². The molecule has 2 rings (SSSR count). The number of para-hydroxylation sites is 1. The van der Waals surface area contributed by atoms with E-state index in [1.165, 1.54) is 5.56 Å². The van der Waals surface area contributed by atoms with Crippen LogP contribution in [0.25, 0.3) is 0 Å². The van der Waals surface area contributed by atoms with Gasteiger partial charge in [-0.25, -0.2) is 0 Å². The van der Waals surface area contributed by atoms with Crippen LogP contribution < -0.4 is 4.74 Å². The zero-order valence-corrected chi connectivity index (χ0v) is 12.0. The summed E-state index contributed by atoms with van der Waals surface area (Å²) >= 11 is 0. The summed E-state index contributed by atoms with van der Waals surface area (Å²) in [6, 6.07) is 8.20. The molecule has 0 radical (unpaired) electrons. The van der Waals surface area contributed by atoms with Gasteiger partial charge in [0.05, 0.1) is 13.5 Å². The number of carboxylic acid groups (broad SMARTS) is 1. The van der Waals surface area contributed by atoms with Crippen molar-refractivity contribution in [3.05, 3.63) is 29.8 Å². The highest BCUT2D eigenvalue weighted by atomic mass is 16.5. The lowest BCUT2D eigenvalue weighted by Gasteiger charge is -2.31. The first-order chi connectivity index (χ1) is 9.69. The third-order valence-corrected chi connectivity index (χ3v) is 4.05. The van der Waals surface area contributed by atoms with Gasteiger partial charge in [-0.2, -0.15) is 0 Å². The number of carboxylic acids is 1. The van der Waals surface area contributed by atoms with Crippen molar-refractivity contribution in [3.8, 4) is 5.75 Å². The van der Waals surface area contributed by atoms with Crippen molar-refractivity contribution in [2.45, 2.75) is 25.7 Å². The standard InChI is InChI=1S/C16H23NO3/c1-20-15-5-3-2-4-14(15)12-13-6-9-17(10-7-13)11-8-16(18)19/h2-5,13H,6-12H2,1H3,(H,18,19). The van der Waals surface area contributed by atoms with E-state index in [1.54, 1.807) is 7.11 Å². The molecule has 0 spiro atoms. The van der Waals surface area contributed by atoms with E-state index in [2.05, 4.69) is 17.0 Å². The molecular weight excluding hydrogens is 254 g/mol. The number of carbonyl (C=O) groups is 1. The monoisotopic (exact) mass is 277 g/mol. The van der Waals surface area contributed by atoms with Crippen LogP contribution in [-0.2, 0) is 11.2 Å². The van der Waals surface area contributed by atoms with Gasteiger partial charge in [-0.15, -0.1) is 0 Å². The quantitative estimate of drug-likeness (QED) is 0.867. The Morgan fingerprint density at radius 1 is 1.35 bits per heavy atom. The van der Waals surface area contributed by atoms with Crippen LogP contribution in [0, 0.1) is 5.92 Å². The molecule has 1 aliphatic heterocycles. The number of aliphatic carboxylic acids is 1. The van der Waals surface area contributed by atoms with E-state index >= 15 is 0 Å². The van der Waals surface area contributed by atoms with Gasteiger partial charge in [-0.1, -0.05) is 18.2 Å². The average Bonchev–Trinajstić information content (AvgIpc) is 2.47. The van der Waals surface area contributed by atoms with Crippen molar-refractivity contribution in [3.63, 3.8) is 0 Å². The summed E-state index contributed by atoms with van der Waals surface area (Å²) in [5, 5.41) is 8.71. The van der Waals surface area contributed by atoms with Gasteiger partial charge >= 0.3 is 5.97 Å². The Bertz CT molecular complexity index is 439. The van der Waals surface area contributed by atoms with Gasteiger partial charge in [0.15, 0.2) is 0 Å². The molecule has 1 fully saturated rings. The van der Waals surface area contributed by atoms with Gasteiger partial charge in [0.25, 0.3) is 0 Å². The second-order valence-electron chi connectivity index (χ2n) is 5.44. The fraction of sp³-hybridized carbons (Fsp3) is 0.562. The predicted molar refractivity (Wildman–Crippen MR) is 78.1 cm³/mol. The number of piperidine rings is 1. The van der Waals surface area contributed by atoms with E-state index in [0.717, 1.165) is 38.1 Å². The van der Waals surface area contributed by atoms with Gasteiger partial charge in [-0.3, -0.25) is 4.79 Å². The smallest absolute Gasteiger partial charge is 0.304 e. The number of methoxy groups -OCH3 is 1. The summed E-state index contributed by atoms with van der Waals surface area (Å²) in [4.78, 5) is 12.8. The van der Waals surface area contributed by atoms with Crippen molar-refractivity contribution in [2.75, 3.05) is 26.7 Å². The van der Waals surface area contributed by atoms with Gasteiger partial charge in [0, 0.05) is 6.54 Å². The largest absolute Gasteiger partial charge is 0.496 e. The molecule has 4 nitrogen and oxygen atoms in total. The highest BCUT2D eigenvalue weighted by Crippen LogP contribution is 2.26. The first kappa shape index (κ1) is 14.9. The van der Waals surface area contributed by atoms with E-state index < -0.39 is 5.97 Å². The van der Waals surface area contributed by atoms with E-state index in [-0.39, 0.29) is 6.42 Å². The summed E-state index contributed by atoms with van der Waals surface area (Å²) < 4.78 is 5.40. The number of hydrogen-bond donors (Lipinski definition) is 1. The summed E-state index contributed by atoms with van der Waals surface area (Å²) in [6.45, 7) is 2.69. The molecule has 110 valence electrons. The zero-order valence-electron chi connectivity index (χ0n) is 12.0. The van der Waals surface area contributed by atoms with E-state index in [4.69, 9.17) is 9.84 Å². The Labute approximate surface area is 120 Å². The fourth-order valence-electron chi connectivity index (χ4n) is 2.85. The molecule has 1 saturated heterocycles. The molecule has 0 aromatic heterocycles. The van der Waals surface area contributed by atoms with Crippen LogP contribution >= 0.6 is 0 Å². The minimum absolute atomic E-state index is 0.247. The summed E-state index contributed by atoms with van der Waals surface area (Å²) in [5.41, 5.74) is 1.28. The van der Waals surface area contributed by atoms with Crippen LogP contribution in [-0.4, -0.2) is 42.7 Å². The van der Waals surface area contributed by atoms with Crippen LogP contribution in [0.5, 0.6) is 5.75 Å². The summed E-state index contributed by atoms with van der Waals surface area (Å²) in [7, 11) is 1.72. The van der Waals surface area contributed by atoms with Crippen molar-refractivity contribution in [1.29, 1.82) is 0 Å². The third-order valence-electron chi connectivity index (χ3n) is 4.05.